The maximum Gasteiger partial charge on any atom is 0.411 e. The van der Waals surface area contributed by atoms with Crippen LogP contribution in [0.25, 0.3) is 0 Å². The van der Waals surface area contributed by atoms with Crippen LogP contribution >= 0.6 is 0 Å². The number of rotatable bonds is 1. The van der Waals surface area contributed by atoms with Gasteiger partial charge in [-0.05, 0) is 12.1 Å². The van der Waals surface area contributed by atoms with E-state index in [0.717, 1.165) is 4.68 Å². The van der Waals surface area contributed by atoms with Crippen LogP contribution in [0.1, 0.15) is 24.3 Å². The van der Waals surface area contributed by atoms with Crippen LogP contribution in [0.3, 0.4) is 0 Å². The van der Waals surface area contributed by atoms with Gasteiger partial charge in [0.1, 0.15) is 5.76 Å². The van der Waals surface area contributed by atoms with Gasteiger partial charge in [0.15, 0.2) is 6.04 Å². The molecule has 0 spiro atoms. The second-order valence-electron chi connectivity index (χ2n) is 4.24. The summed E-state index contributed by atoms with van der Waals surface area (Å²) in [6.07, 6.45) is -3.25. The maximum atomic E-state index is 13.1. The standard InChI is InChI=1S/C10H10F3N5O/c11-10(12,13)7-4-5(6-2-1-3-19-6)15-9-16-8(14)17-18(7)9/h1-3,5,7H,4H2,(H3,14,15,16,17). The van der Waals surface area contributed by atoms with Crippen LogP contribution in [0.4, 0.5) is 25.1 Å². The summed E-state index contributed by atoms with van der Waals surface area (Å²) in [5.74, 6) is 0.214. The molecule has 19 heavy (non-hydrogen) atoms. The Balaban J connectivity index is 2.01. The Hall–Kier alpha value is -2.19. The van der Waals surface area contributed by atoms with Gasteiger partial charge in [0.05, 0.1) is 12.3 Å². The highest BCUT2D eigenvalue weighted by molar-refractivity contribution is 5.37. The fourth-order valence-corrected chi connectivity index (χ4v) is 2.14. The van der Waals surface area contributed by atoms with Crippen LogP contribution in [0.2, 0.25) is 0 Å². The summed E-state index contributed by atoms with van der Waals surface area (Å²) in [5.41, 5.74) is 5.35. The van der Waals surface area contributed by atoms with Gasteiger partial charge in [-0.25, -0.2) is 4.68 Å². The lowest BCUT2D eigenvalue weighted by molar-refractivity contribution is -0.174. The third kappa shape index (κ3) is 2.00. The van der Waals surface area contributed by atoms with Crippen molar-refractivity contribution in [3.05, 3.63) is 24.2 Å². The molecule has 9 heteroatoms. The van der Waals surface area contributed by atoms with Gasteiger partial charge in [0.25, 0.3) is 0 Å². The SMILES string of the molecule is Nc1nc2n(n1)C(C(F)(F)F)CC(c1ccco1)N2. The zero-order chi connectivity index (χ0) is 13.6. The van der Waals surface area contributed by atoms with Crippen LogP contribution < -0.4 is 11.1 Å². The minimum absolute atomic E-state index is 0.00697. The van der Waals surface area contributed by atoms with Gasteiger partial charge in [-0.2, -0.15) is 18.2 Å². The Labute approximate surface area is 105 Å². The van der Waals surface area contributed by atoms with E-state index in [1.54, 1.807) is 12.1 Å². The van der Waals surface area contributed by atoms with Crippen LogP contribution in [0.5, 0.6) is 0 Å². The van der Waals surface area contributed by atoms with Crippen molar-refractivity contribution >= 4 is 11.9 Å². The molecular formula is C10H10F3N5O. The number of aromatic nitrogens is 3. The smallest absolute Gasteiger partial charge is 0.411 e. The normalized spacial score (nSPS) is 22.9. The zero-order valence-corrected chi connectivity index (χ0v) is 9.55. The van der Waals surface area contributed by atoms with Crippen LogP contribution in [0, 0.1) is 0 Å². The van der Waals surface area contributed by atoms with Crippen molar-refractivity contribution in [3.8, 4) is 0 Å². The number of nitrogens with zero attached hydrogens (tertiary/aromatic N) is 3. The van der Waals surface area contributed by atoms with E-state index in [4.69, 9.17) is 10.2 Å². The molecule has 0 fully saturated rings. The van der Waals surface area contributed by atoms with Crippen molar-refractivity contribution in [1.29, 1.82) is 0 Å². The summed E-state index contributed by atoms with van der Waals surface area (Å²) in [4.78, 5) is 3.75. The number of fused-ring (bicyclic) bond motifs is 1. The van der Waals surface area contributed by atoms with Crippen LogP contribution in [0.15, 0.2) is 22.8 Å². The van der Waals surface area contributed by atoms with E-state index in [-0.39, 0.29) is 18.3 Å². The molecule has 0 aromatic carbocycles. The van der Waals surface area contributed by atoms with E-state index >= 15 is 0 Å². The molecule has 0 radical (unpaired) electrons. The summed E-state index contributed by atoms with van der Waals surface area (Å²) in [6, 6.07) is 0.842. The molecule has 3 rings (SSSR count). The van der Waals surface area contributed by atoms with Gasteiger partial charge in [0, 0.05) is 6.42 Å². The number of anilines is 2. The molecule has 0 saturated heterocycles. The number of halogens is 3. The van der Waals surface area contributed by atoms with Crippen molar-refractivity contribution < 1.29 is 17.6 Å². The quantitative estimate of drug-likeness (QED) is 0.831. The first-order valence-corrected chi connectivity index (χ1v) is 5.54. The number of furan rings is 1. The number of nitrogens with two attached hydrogens (primary N) is 1. The van der Waals surface area contributed by atoms with E-state index in [1.165, 1.54) is 6.26 Å². The van der Waals surface area contributed by atoms with E-state index in [9.17, 15) is 13.2 Å². The van der Waals surface area contributed by atoms with E-state index < -0.39 is 18.3 Å². The summed E-state index contributed by atoms with van der Waals surface area (Å²) in [7, 11) is 0. The van der Waals surface area contributed by atoms with E-state index in [0.29, 0.717) is 5.76 Å². The van der Waals surface area contributed by atoms with E-state index in [1.807, 2.05) is 0 Å². The van der Waals surface area contributed by atoms with Gasteiger partial charge in [-0.3, -0.25) is 0 Å². The Morgan fingerprint density at radius 1 is 1.47 bits per heavy atom. The second-order valence-corrected chi connectivity index (χ2v) is 4.24. The highest BCUT2D eigenvalue weighted by atomic mass is 19.4. The Morgan fingerprint density at radius 3 is 2.89 bits per heavy atom. The van der Waals surface area contributed by atoms with Crippen molar-refractivity contribution in [1.82, 2.24) is 14.8 Å². The number of hydrogen-bond donors (Lipinski definition) is 2. The number of hydrogen-bond acceptors (Lipinski definition) is 5. The molecule has 0 amide bonds. The first-order chi connectivity index (χ1) is 8.95. The summed E-state index contributed by atoms with van der Waals surface area (Å²) in [5, 5.41) is 6.42. The summed E-state index contributed by atoms with van der Waals surface area (Å²) < 4.78 is 45.1. The molecule has 0 aliphatic carbocycles. The van der Waals surface area contributed by atoms with Gasteiger partial charge in [-0.15, -0.1) is 5.10 Å². The molecule has 1 aliphatic rings. The lowest BCUT2D eigenvalue weighted by Crippen LogP contribution is -2.35. The molecule has 2 aromatic rings. The van der Waals surface area contributed by atoms with Crippen LogP contribution in [-0.4, -0.2) is 20.9 Å². The predicted molar refractivity (Wildman–Crippen MR) is 59.2 cm³/mol. The minimum atomic E-state index is -4.43. The van der Waals surface area contributed by atoms with Crippen molar-refractivity contribution in [2.45, 2.75) is 24.7 Å². The number of nitrogen functional groups attached to an aromatic ring is 1. The topological polar surface area (TPSA) is 81.9 Å². The summed E-state index contributed by atoms with van der Waals surface area (Å²) in [6.45, 7) is 0. The van der Waals surface area contributed by atoms with Crippen molar-refractivity contribution in [3.63, 3.8) is 0 Å². The first kappa shape index (κ1) is 11.9. The first-order valence-electron chi connectivity index (χ1n) is 5.54. The lowest BCUT2D eigenvalue weighted by Gasteiger charge is -2.31. The van der Waals surface area contributed by atoms with Gasteiger partial charge < -0.3 is 15.5 Å². The zero-order valence-electron chi connectivity index (χ0n) is 9.55. The number of alkyl halides is 3. The predicted octanol–water partition coefficient (Wildman–Crippen LogP) is 2.11. The average molecular weight is 273 g/mol. The molecule has 6 nitrogen and oxygen atoms in total. The third-order valence-electron chi connectivity index (χ3n) is 2.97. The fourth-order valence-electron chi connectivity index (χ4n) is 2.14. The summed E-state index contributed by atoms with van der Waals surface area (Å²) >= 11 is 0. The van der Waals surface area contributed by atoms with Gasteiger partial charge in [0.2, 0.25) is 11.9 Å². The second kappa shape index (κ2) is 3.90. The average Bonchev–Trinajstić information content (AvgIpc) is 2.92. The highest BCUT2D eigenvalue weighted by Gasteiger charge is 2.47. The molecule has 0 saturated carbocycles. The van der Waals surface area contributed by atoms with Crippen LogP contribution in [-0.2, 0) is 0 Å². The Morgan fingerprint density at radius 2 is 2.26 bits per heavy atom. The maximum absolute atomic E-state index is 13.1. The molecule has 1 aliphatic heterocycles. The molecule has 0 bridgehead atoms. The number of nitrogens with one attached hydrogen (secondary N) is 1. The molecule has 3 heterocycles. The van der Waals surface area contributed by atoms with Crippen molar-refractivity contribution in [2.75, 3.05) is 11.1 Å². The van der Waals surface area contributed by atoms with Crippen molar-refractivity contribution in [2.24, 2.45) is 0 Å². The van der Waals surface area contributed by atoms with Gasteiger partial charge >= 0.3 is 6.18 Å². The molecule has 102 valence electrons. The molecular weight excluding hydrogens is 263 g/mol. The van der Waals surface area contributed by atoms with Gasteiger partial charge in [-0.1, -0.05) is 0 Å². The molecule has 3 N–H and O–H groups in total. The Bertz CT molecular complexity index is 576. The molecule has 2 atom stereocenters. The fraction of sp³-hybridized carbons (Fsp3) is 0.400. The monoisotopic (exact) mass is 273 g/mol. The molecule has 2 aromatic heterocycles. The minimum Gasteiger partial charge on any atom is -0.467 e. The largest absolute Gasteiger partial charge is 0.467 e. The Kier molecular flexibility index (Phi) is 2.44. The lowest BCUT2D eigenvalue weighted by atomic mass is 10.0. The molecule has 2 unspecified atom stereocenters. The highest BCUT2D eigenvalue weighted by Crippen LogP contribution is 2.42. The van der Waals surface area contributed by atoms with E-state index in [2.05, 4.69) is 15.4 Å². The third-order valence-corrected chi connectivity index (χ3v) is 2.97.